The van der Waals surface area contributed by atoms with E-state index in [9.17, 15) is 31.1 Å². The van der Waals surface area contributed by atoms with Crippen LogP contribution in [-0.4, -0.2) is 30.6 Å². The van der Waals surface area contributed by atoms with E-state index in [-0.39, 0.29) is 11.3 Å². The summed E-state index contributed by atoms with van der Waals surface area (Å²) in [5, 5.41) is 5.57. The Balaban J connectivity index is 2.18. The number of carbonyl (C=O) groups excluding carboxylic acids is 1. The molecule has 1 amide bonds. The molecule has 2 aromatic rings. The van der Waals surface area contributed by atoms with Crippen LogP contribution in [0.15, 0.2) is 35.5 Å². The number of hydrogen-bond donors (Lipinski definition) is 1. The van der Waals surface area contributed by atoms with Crippen molar-refractivity contribution in [1.29, 1.82) is 0 Å². The van der Waals surface area contributed by atoms with Crippen LogP contribution in [0.5, 0.6) is 0 Å². The third kappa shape index (κ3) is 4.60. The topological polar surface area (TPSA) is 87.1 Å². The number of nitrogens with one attached hydrogen (secondary N) is 1. The Labute approximate surface area is 129 Å². The molecule has 124 valence electrons. The Hall–Kier alpha value is -2.27. The number of alkyl halides is 3. The van der Waals surface area contributed by atoms with Crippen molar-refractivity contribution < 1.29 is 31.1 Å². The van der Waals surface area contributed by atoms with Gasteiger partial charge in [-0.1, -0.05) is 0 Å². The van der Waals surface area contributed by atoms with Gasteiger partial charge in [0, 0.05) is 6.20 Å². The van der Waals surface area contributed by atoms with Gasteiger partial charge in [-0.15, -0.1) is 0 Å². The van der Waals surface area contributed by atoms with Crippen LogP contribution in [0.3, 0.4) is 0 Å². The first-order chi connectivity index (χ1) is 10.7. The Kier molecular flexibility index (Phi) is 4.80. The second-order valence-corrected chi connectivity index (χ2v) is 5.28. The summed E-state index contributed by atoms with van der Waals surface area (Å²) >= 11 is -2.81. The van der Waals surface area contributed by atoms with Crippen LogP contribution in [0.4, 0.5) is 23.2 Å². The predicted molar refractivity (Wildman–Crippen MR) is 69.8 cm³/mol. The second-order valence-electron chi connectivity index (χ2n) is 4.37. The van der Waals surface area contributed by atoms with E-state index >= 15 is 0 Å². The Morgan fingerprint density at radius 2 is 2.09 bits per heavy atom. The quantitative estimate of drug-likeness (QED) is 0.676. The maximum atomic E-state index is 13.0. The van der Waals surface area contributed by atoms with Gasteiger partial charge in [0.25, 0.3) is 5.91 Å². The zero-order valence-corrected chi connectivity index (χ0v) is 11.9. The molecule has 0 radical (unpaired) electrons. The molecular formula is C12H8F4N3O3S-. The Morgan fingerprint density at radius 3 is 2.70 bits per heavy atom. The molecule has 11 heteroatoms. The normalized spacial score (nSPS) is 12.9. The zero-order valence-electron chi connectivity index (χ0n) is 11.1. The van der Waals surface area contributed by atoms with E-state index in [0.29, 0.717) is 10.7 Å². The van der Waals surface area contributed by atoms with Gasteiger partial charge in [-0.25, -0.2) is 4.39 Å². The van der Waals surface area contributed by atoms with Gasteiger partial charge in [0.15, 0.2) is 0 Å². The summed E-state index contributed by atoms with van der Waals surface area (Å²) in [7, 11) is 0. The van der Waals surface area contributed by atoms with Crippen molar-refractivity contribution in [3.05, 3.63) is 42.0 Å². The van der Waals surface area contributed by atoms with Gasteiger partial charge in [0.05, 0.1) is 22.3 Å². The average molecular weight is 350 g/mol. The number of aromatic nitrogens is 2. The summed E-state index contributed by atoms with van der Waals surface area (Å²) in [6.07, 6.45) is -2.73. The van der Waals surface area contributed by atoms with E-state index in [1.807, 2.05) is 0 Å². The van der Waals surface area contributed by atoms with Crippen LogP contribution >= 0.6 is 0 Å². The first kappa shape index (κ1) is 17.1. The van der Waals surface area contributed by atoms with Gasteiger partial charge in [-0.2, -0.15) is 18.3 Å². The van der Waals surface area contributed by atoms with Crippen molar-refractivity contribution in [2.24, 2.45) is 0 Å². The fraction of sp³-hybridized carbons (Fsp3) is 0.167. The van der Waals surface area contributed by atoms with Crippen molar-refractivity contribution >= 4 is 22.7 Å². The van der Waals surface area contributed by atoms with Gasteiger partial charge < -0.3 is 9.87 Å². The fourth-order valence-corrected chi connectivity index (χ4v) is 2.19. The lowest BCUT2D eigenvalue weighted by Crippen LogP contribution is -2.18. The molecule has 0 bridgehead atoms. The van der Waals surface area contributed by atoms with Crippen molar-refractivity contribution in [2.75, 3.05) is 5.32 Å². The first-order valence-corrected chi connectivity index (χ1v) is 7.02. The molecule has 6 nitrogen and oxygen atoms in total. The molecule has 1 heterocycles. The Bertz CT molecular complexity index is 760. The largest absolute Gasteiger partial charge is 0.768 e. The van der Waals surface area contributed by atoms with E-state index in [2.05, 4.69) is 10.4 Å². The monoisotopic (exact) mass is 350 g/mol. The number of hydrogen-bond acceptors (Lipinski definition) is 4. The lowest BCUT2D eigenvalue weighted by molar-refractivity contribution is -0.142. The number of anilines is 1. The average Bonchev–Trinajstić information content (AvgIpc) is 2.86. The van der Waals surface area contributed by atoms with Crippen molar-refractivity contribution in [3.8, 4) is 0 Å². The van der Waals surface area contributed by atoms with Gasteiger partial charge in [-0.3, -0.25) is 13.7 Å². The number of benzene rings is 1. The molecule has 0 aliphatic heterocycles. The van der Waals surface area contributed by atoms with Crippen LogP contribution in [0.2, 0.25) is 0 Å². The van der Waals surface area contributed by atoms with E-state index in [1.54, 1.807) is 0 Å². The van der Waals surface area contributed by atoms with Crippen LogP contribution in [-0.2, 0) is 17.6 Å². The summed E-state index contributed by atoms with van der Waals surface area (Å²) < 4.78 is 72.2. The summed E-state index contributed by atoms with van der Waals surface area (Å²) in [6.45, 7) is -1.37. The molecule has 1 aromatic carbocycles. The van der Waals surface area contributed by atoms with Gasteiger partial charge in [-0.05, 0) is 29.3 Å². The number of amides is 1. The highest BCUT2D eigenvalue weighted by Crippen LogP contribution is 2.21. The lowest BCUT2D eigenvalue weighted by atomic mass is 10.2. The maximum Gasteiger partial charge on any atom is 0.408 e. The van der Waals surface area contributed by atoms with Crippen LogP contribution in [0, 0.1) is 5.82 Å². The highest BCUT2D eigenvalue weighted by molar-refractivity contribution is 7.79. The Morgan fingerprint density at radius 1 is 1.39 bits per heavy atom. The van der Waals surface area contributed by atoms with E-state index in [0.717, 1.165) is 24.5 Å². The molecule has 1 atom stereocenters. The molecule has 2 rings (SSSR count). The number of halogens is 4. The van der Waals surface area contributed by atoms with Gasteiger partial charge in [0.1, 0.15) is 12.4 Å². The van der Waals surface area contributed by atoms with Crippen molar-refractivity contribution in [3.63, 3.8) is 0 Å². The number of carbonyl (C=O) groups is 1. The standard InChI is InChI=1S/C12H9F4N3O3S/c13-8-1-2-9(10(3-8)23(21)22)18-11(20)7-4-17-19(5-7)6-12(14,15)16/h1-5H,6H2,(H,18,20)(H,21,22)/p-1. The van der Waals surface area contributed by atoms with E-state index < -0.39 is 40.4 Å². The van der Waals surface area contributed by atoms with Crippen LogP contribution in [0.1, 0.15) is 10.4 Å². The summed E-state index contributed by atoms with van der Waals surface area (Å²) in [5.74, 6) is -1.70. The molecule has 0 aliphatic rings. The van der Waals surface area contributed by atoms with Crippen molar-refractivity contribution in [2.45, 2.75) is 17.6 Å². The molecular weight excluding hydrogens is 342 g/mol. The lowest BCUT2D eigenvalue weighted by Gasteiger charge is -2.12. The van der Waals surface area contributed by atoms with E-state index in [4.69, 9.17) is 0 Å². The van der Waals surface area contributed by atoms with E-state index in [1.165, 1.54) is 0 Å². The minimum Gasteiger partial charge on any atom is -0.768 e. The molecule has 0 saturated carbocycles. The number of nitrogens with zero attached hydrogens (tertiary/aromatic N) is 2. The predicted octanol–water partition coefficient (Wildman–Crippen LogP) is 2.07. The molecule has 0 aliphatic carbocycles. The molecule has 1 N–H and O–H groups in total. The van der Waals surface area contributed by atoms with Crippen LogP contribution < -0.4 is 5.32 Å². The minimum absolute atomic E-state index is 0.201. The summed E-state index contributed by atoms with van der Waals surface area (Å²) in [4.78, 5) is 11.4. The SMILES string of the molecule is O=C(Nc1ccc(F)cc1S(=O)[O-])c1cnn(CC(F)(F)F)c1. The van der Waals surface area contributed by atoms with Gasteiger partial charge in [0.2, 0.25) is 0 Å². The second kappa shape index (κ2) is 6.46. The maximum absolute atomic E-state index is 13.0. The molecule has 0 saturated heterocycles. The molecule has 1 aromatic heterocycles. The summed E-state index contributed by atoms with van der Waals surface area (Å²) in [5.41, 5.74) is -0.408. The van der Waals surface area contributed by atoms with Crippen LogP contribution in [0.25, 0.3) is 0 Å². The molecule has 0 spiro atoms. The number of rotatable bonds is 4. The first-order valence-electron chi connectivity index (χ1n) is 5.95. The smallest absolute Gasteiger partial charge is 0.408 e. The minimum atomic E-state index is -4.50. The van der Waals surface area contributed by atoms with Crippen molar-refractivity contribution in [1.82, 2.24) is 9.78 Å². The third-order valence-electron chi connectivity index (χ3n) is 2.61. The summed E-state index contributed by atoms with van der Waals surface area (Å²) in [6, 6.07) is 2.66. The highest BCUT2D eigenvalue weighted by atomic mass is 32.2. The molecule has 0 fully saturated rings. The molecule has 23 heavy (non-hydrogen) atoms. The highest BCUT2D eigenvalue weighted by Gasteiger charge is 2.28. The van der Waals surface area contributed by atoms with Gasteiger partial charge >= 0.3 is 6.18 Å². The fourth-order valence-electron chi connectivity index (χ4n) is 1.68. The molecule has 1 unspecified atom stereocenters. The third-order valence-corrected chi connectivity index (χ3v) is 3.31. The zero-order chi connectivity index (χ0) is 17.2.